The molecule has 0 aliphatic carbocycles. The third-order valence-electron chi connectivity index (χ3n) is 7.78. The van der Waals surface area contributed by atoms with Gasteiger partial charge in [0, 0.05) is 42.7 Å². The van der Waals surface area contributed by atoms with Crippen LogP contribution in [0.4, 0.5) is 5.69 Å². The lowest BCUT2D eigenvalue weighted by molar-refractivity contribution is -0.149. The number of fused-ring (bicyclic) bond motifs is 4. The van der Waals surface area contributed by atoms with Crippen molar-refractivity contribution in [3.63, 3.8) is 0 Å². The maximum atomic E-state index is 13.2. The van der Waals surface area contributed by atoms with Gasteiger partial charge >= 0.3 is 0 Å². The fraction of sp³-hybridized carbons (Fsp3) is 0.367. The SMILES string of the molecule is O=C(Cc1ccncc1)Nc1ccc2c(c1)[C@H]1C[C@@H](CC(=O)N3CCc4ccccc4C3)O[C@H](CO)[C@H]1O2. The molecule has 0 bridgehead atoms. The Bertz CT molecular complexity index is 1330. The van der Waals surface area contributed by atoms with Gasteiger partial charge in [0.2, 0.25) is 11.8 Å². The molecule has 1 fully saturated rings. The molecule has 3 aromatic rings. The zero-order valence-corrected chi connectivity index (χ0v) is 21.1. The lowest BCUT2D eigenvalue weighted by Crippen LogP contribution is -2.48. The summed E-state index contributed by atoms with van der Waals surface area (Å²) in [6.07, 6.45) is 4.15. The van der Waals surface area contributed by atoms with Crippen molar-refractivity contribution in [1.29, 1.82) is 0 Å². The summed E-state index contributed by atoms with van der Waals surface area (Å²) in [4.78, 5) is 31.7. The van der Waals surface area contributed by atoms with Crippen LogP contribution >= 0.6 is 0 Å². The number of hydrogen-bond donors (Lipinski definition) is 2. The summed E-state index contributed by atoms with van der Waals surface area (Å²) in [5.74, 6) is 0.649. The van der Waals surface area contributed by atoms with Gasteiger partial charge in [-0.1, -0.05) is 24.3 Å². The van der Waals surface area contributed by atoms with Crippen molar-refractivity contribution in [2.45, 2.75) is 56.5 Å². The van der Waals surface area contributed by atoms with E-state index in [-0.39, 0.29) is 49.4 Å². The number of nitrogens with one attached hydrogen (secondary N) is 1. The van der Waals surface area contributed by atoms with Crippen molar-refractivity contribution in [1.82, 2.24) is 9.88 Å². The van der Waals surface area contributed by atoms with Gasteiger partial charge in [0.05, 0.1) is 25.6 Å². The zero-order valence-electron chi connectivity index (χ0n) is 21.1. The topological polar surface area (TPSA) is 101 Å². The molecule has 2 N–H and O–H groups in total. The minimum atomic E-state index is -0.522. The van der Waals surface area contributed by atoms with E-state index in [1.54, 1.807) is 12.4 Å². The van der Waals surface area contributed by atoms with Gasteiger partial charge in [-0.3, -0.25) is 14.6 Å². The lowest BCUT2D eigenvalue weighted by Gasteiger charge is -2.38. The normalized spacial score (nSPS) is 23.6. The van der Waals surface area contributed by atoms with E-state index >= 15 is 0 Å². The number of hydrogen-bond acceptors (Lipinski definition) is 6. The number of aliphatic hydroxyl groups is 1. The first-order valence-corrected chi connectivity index (χ1v) is 13.2. The number of carbonyl (C=O) groups is 2. The quantitative estimate of drug-likeness (QED) is 0.525. The monoisotopic (exact) mass is 513 g/mol. The Morgan fingerprint density at radius 2 is 1.89 bits per heavy atom. The van der Waals surface area contributed by atoms with Crippen LogP contribution in [0.1, 0.15) is 41.0 Å². The molecule has 8 heteroatoms. The van der Waals surface area contributed by atoms with Gasteiger partial charge in [-0.15, -0.1) is 0 Å². The van der Waals surface area contributed by atoms with Crippen LogP contribution in [0.15, 0.2) is 67.0 Å². The Hall–Kier alpha value is -3.75. The van der Waals surface area contributed by atoms with E-state index in [4.69, 9.17) is 9.47 Å². The van der Waals surface area contributed by atoms with E-state index in [1.807, 2.05) is 47.4 Å². The number of carbonyl (C=O) groups excluding carboxylic acids is 2. The Morgan fingerprint density at radius 3 is 2.71 bits per heavy atom. The fourth-order valence-electron chi connectivity index (χ4n) is 5.89. The first-order valence-electron chi connectivity index (χ1n) is 13.2. The summed E-state index contributed by atoms with van der Waals surface area (Å²) >= 11 is 0. The van der Waals surface area contributed by atoms with Crippen LogP contribution < -0.4 is 10.1 Å². The number of benzene rings is 2. The number of amides is 2. The van der Waals surface area contributed by atoms with Crippen molar-refractivity contribution in [3.8, 4) is 5.75 Å². The summed E-state index contributed by atoms with van der Waals surface area (Å²) in [6.45, 7) is 1.13. The average Bonchev–Trinajstić information content (AvgIpc) is 3.30. The van der Waals surface area contributed by atoms with E-state index in [0.717, 1.165) is 23.3 Å². The van der Waals surface area contributed by atoms with Crippen LogP contribution in [0.25, 0.3) is 0 Å². The molecular weight excluding hydrogens is 482 g/mol. The third-order valence-corrected chi connectivity index (χ3v) is 7.78. The van der Waals surface area contributed by atoms with E-state index in [0.29, 0.717) is 25.2 Å². The fourth-order valence-corrected chi connectivity index (χ4v) is 5.89. The predicted octanol–water partition coefficient (Wildman–Crippen LogP) is 3.23. The summed E-state index contributed by atoms with van der Waals surface area (Å²) in [5, 5.41) is 13.1. The molecule has 2 amide bonds. The highest BCUT2D eigenvalue weighted by atomic mass is 16.6. The lowest BCUT2D eigenvalue weighted by atomic mass is 9.84. The van der Waals surface area contributed by atoms with Gasteiger partial charge in [0.25, 0.3) is 0 Å². The number of aliphatic hydroxyl groups excluding tert-OH is 1. The van der Waals surface area contributed by atoms with Crippen molar-refractivity contribution in [2.24, 2.45) is 0 Å². The zero-order chi connectivity index (χ0) is 26.1. The number of pyridine rings is 1. The molecule has 4 heterocycles. The standard InChI is InChI=1S/C30H31N3O5/c34-18-27-30-25(15-23(37-27)16-29(36)33-12-9-20-3-1-2-4-21(20)17-33)24-14-22(5-6-26(24)38-30)32-28(35)13-19-7-10-31-11-8-19/h1-8,10-11,14,23,25,27,30,34H,9,12-13,15-18H2,(H,32,35)/t23-,25+,27+,30-/m0/s1. The van der Waals surface area contributed by atoms with Crippen molar-refractivity contribution in [3.05, 3.63) is 89.2 Å². The predicted molar refractivity (Wildman–Crippen MR) is 141 cm³/mol. The number of ether oxygens (including phenoxy) is 2. The van der Waals surface area contributed by atoms with Crippen LogP contribution in [0.5, 0.6) is 5.75 Å². The molecule has 1 saturated heterocycles. The summed E-state index contributed by atoms with van der Waals surface area (Å²) in [7, 11) is 0. The van der Waals surface area contributed by atoms with Gasteiger partial charge in [-0.05, 0) is 59.9 Å². The van der Waals surface area contributed by atoms with Crippen molar-refractivity contribution >= 4 is 17.5 Å². The van der Waals surface area contributed by atoms with Crippen molar-refractivity contribution in [2.75, 3.05) is 18.5 Å². The Morgan fingerprint density at radius 1 is 1.08 bits per heavy atom. The number of aromatic nitrogens is 1. The molecule has 0 spiro atoms. The number of nitrogens with zero attached hydrogens (tertiary/aromatic N) is 2. The smallest absolute Gasteiger partial charge is 0.228 e. The summed E-state index contributed by atoms with van der Waals surface area (Å²) in [5.41, 5.74) is 5.06. The molecule has 3 aliphatic heterocycles. The molecular formula is C30H31N3O5. The second-order valence-corrected chi connectivity index (χ2v) is 10.3. The van der Waals surface area contributed by atoms with Crippen LogP contribution in [0.3, 0.4) is 0 Å². The summed E-state index contributed by atoms with van der Waals surface area (Å²) < 4.78 is 12.4. The van der Waals surface area contributed by atoms with E-state index in [9.17, 15) is 14.7 Å². The van der Waals surface area contributed by atoms with Gasteiger partial charge in [-0.25, -0.2) is 0 Å². The highest BCUT2D eigenvalue weighted by molar-refractivity contribution is 5.92. The van der Waals surface area contributed by atoms with E-state index in [2.05, 4.69) is 22.4 Å². The molecule has 8 nitrogen and oxygen atoms in total. The third kappa shape index (κ3) is 5.01. The van der Waals surface area contributed by atoms with Gasteiger partial charge in [0.1, 0.15) is 18.0 Å². The molecule has 0 radical (unpaired) electrons. The molecule has 0 unspecified atom stereocenters. The Kier molecular flexibility index (Phi) is 6.82. The average molecular weight is 514 g/mol. The van der Waals surface area contributed by atoms with Crippen LogP contribution in [0, 0.1) is 0 Å². The Labute approximate surface area is 221 Å². The second kappa shape index (κ2) is 10.6. The first kappa shape index (κ1) is 24.6. The Balaban J connectivity index is 1.14. The molecule has 2 aromatic carbocycles. The first-order chi connectivity index (χ1) is 18.6. The minimum absolute atomic E-state index is 0.0344. The molecule has 196 valence electrons. The van der Waals surface area contributed by atoms with Gasteiger partial charge in [0.15, 0.2) is 0 Å². The minimum Gasteiger partial charge on any atom is -0.487 e. The molecule has 38 heavy (non-hydrogen) atoms. The molecule has 3 aliphatic rings. The molecule has 4 atom stereocenters. The maximum Gasteiger partial charge on any atom is 0.228 e. The van der Waals surface area contributed by atoms with Gasteiger partial charge in [-0.2, -0.15) is 0 Å². The number of anilines is 1. The second-order valence-electron chi connectivity index (χ2n) is 10.3. The van der Waals surface area contributed by atoms with Crippen LogP contribution in [0.2, 0.25) is 0 Å². The summed E-state index contributed by atoms with van der Waals surface area (Å²) in [6, 6.07) is 17.5. The molecule has 6 rings (SSSR count). The van der Waals surface area contributed by atoms with E-state index < -0.39 is 6.10 Å². The highest BCUT2D eigenvalue weighted by Crippen LogP contribution is 2.47. The van der Waals surface area contributed by atoms with E-state index in [1.165, 1.54) is 11.1 Å². The van der Waals surface area contributed by atoms with Crippen LogP contribution in [-0.2, 0) is 33.7 Å². The molecule has 1 aromatic heterocycles. The van der Waals surface area contributed by atoms with Crippen molar-refractivity contribution < 1.29 is 24.2 Å². The number of rotatable bonds is 6. The largest absolute Gasteiger partial charge is 0.487 e. The van der Waals surface area contributed by atoms with Gasteiger partial charge < -0.3 is 24.8 Å². The molecule has 0 saturated carbocycles. The van der Waals surface area contributed by atoms with Crippen LogP contribution in [-0.4, -0.2) is 58.3 Å². The maximum absolute atomic E-state index is 13.2. The highest BCUT2D eigenvalue weighted by Gasteiger charge is 2.46.